The van der Waals surface area contributed by atoms with E-state index in [2.05, 4.69) is 16.0 Å². The third-order valence-corrected chi connectivity index (χ3v) is 3.33. The van der Waals surface area contributed by atoms with Gasteiger partial charge in [-0.05, 0) is 37.3 Å². The first-order valence-electron chi connectivity index (χ1n) is 6.05. The van der Waals surface area contributed by atoms with Gasteiger partial charge in [0.05, 0.1) is 5.56 Å². The van der Waals surface area contributed by atoms with Crippen LogP contribution in [0.4, 0.5) is 0 Å². The van der Waals surface area contributed by atoms with E-state index in [4.69, 9.17) is 0 Å². The van der Waals surface area contributed by atoms with Crippen LogP contribution in [0.1, 0.15) is 29.9 Å². The monoisotopic (exact) mass is 242 g/mol. The van der Waals surface area contributed by atoms with Gasteiger partial charge in [0.15, 0.2) is 0 Å². The van der Waals surface area contributed by atoms with Crippen LogP contribution in [0.5, 0.6) is 5.88 Å². The second-order valence-corrected chi connectivity index (χ2v) is 4.76. The van der Waals surface area contributed by atoms with Crippen LogP contribution in [0.25, 0.3) is 11.4 Å². The molecule has 1 aliphatic carbocycles. The van der Waals surface area contributed by atoms with Gasteiger partial charge in [-0.15, -0.1) is 0 Å². The molecule has 1 aliphatic rings. The molecule has 18 heavy (non-hydrogen) atoms. The minimum Gasteiger partial charge on any atom is -0.493 e. The zero-order valence-electron chi connectivity index (χ0n) is 10.1. The summed E-state index contributed by atoms with van der Waals surface area (Å²) in [5.74, 6) is 0.867. The summed E-state index contributed by atoms with van der Waals surface area (Å²) in [7, 11) is 0. The predicted molar refractivity (Wildman–Crippen MR) is 68.7 cm³/mol. The molecule has 0 radical (unpaired) electrons. The van der Waals surface area contributed by atoms with Crippen LogP contribution in [-0.4, -0.2) is 15.1 Å². The van der Waals surface area contributed by atoms with E-state index >= 15 is 0 Å². The van der Waals surface area contributed by atoms with Crippen LogP contribution in [0.3, 0.4) is 0 Å². The number of hydrogen-bond acceptors (Lipinski definition) is 3. The standard InChI is InChI=1S/C14H14N2O2/c1-8-13(17)15-12(16-14(8)18)11-4-2-3-10(7-11)9-5-6-9/h2-4,7,9H,5-6H2,1H3,(H2,15,16,17,18). The van der Waals surface area contributed by atoms with Gasteiger partial charge in [-0.3, -0.25) is 4.79 Å². The zero-order valence-corrected chi connectivity index (χ0v) is 10.1. The van der Waals surface area contributed by atoms with Gasteiger partial charge in [-0.1, -0.05) is 18.2 Å². The molecular weight excluding hydrogens is 228 g/mol. The molecule has 0 unspecified atom stereocenters. The van der Waals surface area contributed by atoms with Crippen molar-refractivity contribution in [1.29, 1.82) is 0 Å². The van der Waals surface area contributed by atoms with Crippen molar-refractivity contribution in [2.24, 2.45) is 0 Å². The van der Waals surface area contributed by atoms with E-state index in [1.165, 1.54) is 18.4 Å². The Labute approximate surface area is 104 Å². The lowest BCUT2D eigenvalue weighted by Crippen LogP contribution is -2.12. The van der Waals surface area contributed by atoms with E-state index in [1.54, 1.807) is 6.92 Å². The summed E-state index contributed by atoms with van der Waals surface area (Å²) in [6, 6.07) is 7.97. The van der Waals surface area contributed by atoms with Gasteiger partial charge in [0.2, 0.25) is 5.88 Å². The summed E-state index contributed by atoms with van der Waals surface area (Å²) in [5.41, 5.74) is 2.06. The van der Waals surface area contributed by atoms with E-state index in [1.807, 2.05) is 18.2 Å². The van der Waals surface area contributed by atoms with Crippen molar-refractivity contribution < 1.29 is 5.11 Å². The Morgan fingerprint density at radius 3 is 2.83 bits per heavy atom. The highest BCUT2D eigenvalue weighted by Gasteiger charge is 2.23. The first kappa shape index (κ1) is 11.0. The van der Waals surface area contributed by atoms with Crippen molar-refractivity contribution >= 4 is 0 Å². The zero-order chi connectivity index (χ0) is 12.7. The molecule has 4 nitrogen and oxygen atoms in total. The minimum atomic E-state index is -0.297. The Balaban J connectivity index is 2.09. The number of nitrogens with zero attached hydrogens (tertiary/aromatic N) is 1. The van der Waals surface area contributed by atoms with E-state index in [-0.39, 0.29) is 17.0 Å². The molecule has 1 aromatic heterocycles. The van der Waals surface area contributed by atoms with Crippen LogP contribution < -0.4 is 5.56 Å². The summed E-state index contributed by atoms with van der Waals surface area (Å²) in [6.07, 6.45) is 2.46. The van der Waals surface area contributed by atoms with Crippen molar-refractivity contribution in [3.8, 4) is 17.3 Å². The van der Waals surface area contributed by atoms with Gasteiger partial charge < -0.3 is 10.1 Å². The Morgan fingerprint density at radius 2 is 2.17 bits per heavy atom. The molecule has 0 saturated heterocycles. The lowest BCUT2D eigenvalue weighted by molar-refractivity contribution is 0.447. The largest absolute Gasteiger partial charge is 0.493 e. The van der Waals surface area contributed by atoms with Crippen LogP contribution in [0.2, 0.25) is 0 Å². The lowest BCUT2D eigenvalue weighted by Gasteiger charge is -2.05. The summed E-state index contributed by atoms with van der Waals surface area (Å²) in [6.45, 7) is 1.55. The predicted octanol–water partition coefficient (Wildman–Crippen LogP) is 2.33. The number of hydrogen-bond donors (Lipinski definition) is 2. The summed E-state index contributed by atoms with van der Waals surface area (Å²) in [5, 5.41) is 9.60. The SMILES string of the molecule is Cc1c(O)nc(-c2cccc(C3CC3)c2)[nH]c1=O. The summed E-state index contributed by atoms with van der Waals surface area (Å²) >= 11 is 0. The average molecular weight is 242 g/mol. The number of aromatic nitrogens is 2. The molecule has 0 spiro atoms. The maximum atomic E-state index is 11.6. The molecule has 1 heterocycles. The average Bonchev–Trinajstić information content (AvgIpc) is 3.20. The molecule has 4 heteroatoms. The van der Waals surface area contributed by atoms with E-state index < -0.39 is 0 Å². The van der Waals surface area contributed by atoms with Crippen LogP contribution >= 0.6 is 0 Å². The second-order valence-electron chi connectivity index (χ2n) is 4.76. The Morgan fingerprint density at radius 1 is 1.39 bits per heavy atom. The van der Waals surface area contributed by atoms with E-state index in [0.717, 1.165) is 5.56 Å². The van der Waals surface area contributed by atoms with E-state index in [0.29, 0.717) is 11.7 Å². The number of nitrogens with one attached hydrogen (secondary N) is 1. The maximum Gasteiger partial charge on any atom is 0.257 e. The van der Waals surface area contributed by atoms with Crippen molar-refractivity contribution in [3.63, 3.8) is 0 Å². The molecular formula is C14H14N2O2. The molecule has 1 saturated carbocycles. The number of H-pyrrole nitrogens is 1. The fourth-order valence-electron chi connectivity index (χ4n) is 2.01. The normalized spacial score (nSPS) is 14.7. The van der Waals surface area contributed by atoms with Gasteiger partial charge in [0.1, 0.15) is 5.82 Å². The lowest BCUT2D eigenvalue weighted by atomic mass is 10.1. The third-order valence-electron chi connectivity index (χ3n) is 3.33. The van der Waals surface area contributed by atoms with Gasteiger partial charge in [-0.25, -0.2) is 0 Å². The Bertz CT molecular complexity index is 657. The van der Waals surface area contributed by atoms with E-state index in [9.17, 15) is 9.90 Å². The first-order valence-corrected chi connectivity index (χ1v) is 6.05. The topological polar surface area (TPSA) is 66.0 Å². The number of aromatic hydroxyl groups is 1. The van der Waals surface area contributed by atoms with Crippen molar-refractivity contribution in [3.05, 3.63) is 45.7 Å². The molecule has 0 amide bonds. The fourth-order valence-corrected chi connectivity index (χ4v) is 2.01. The molecule has 0 bridgehead atoms. The smallest absolute Gasteiger partial charge is 0.257 e. The molecule has 0 atom stereocenters. The number of aromatic amines is 1. The fraction of sp³-hybridized carbons (Fsp3) is 0.286. The number of benzene rings is 1. The first-order chi connectivity index (χ1) is 8.65. The van der Waals surface area contributed by atoms with Crippen LogP contribution in [0, 0.1) is 6.92 Å². The summed E-state index contributed by atoms with van der Waals surface area (Å²) in [4.78, 5) is 18.3. The highest BCUT2D eigenvalue weighted by Crippen LogP contribution is 2.40. The quantitative estimate of drug-likeness (QED) is 0.849. The van der Waals surface area contributed by atoms with Crippen molar-refractivity contribution in [2.45, 2.75) is 25.7 Å². The molecule has 0 aliphatic heterocycles. The van der Waals surface area contributed by atoms with Crippen molar-refractivity contribution in [2.75, 3.05) is 0 Å². The second kappa shape index (κ2) is 3.98. The Hall–Kier alpha value is -2.10. The highest BCUT2D eigenvalue weighted by atomic mass is 16.3. The molecule has 1 fully saturated rings. The Kier molecular flexibility index (Phi) is 2.44. The van der Waals surface area contributed by atoms with Gasteiger partial charge in [0, 0.05) is 5.56 Å². The molecule has 2 aromatic rings. The molecule has 92 valence electrons. The minimum absolute atomic E-state index is 0.203. The molecule has 2 N–H and O–H groups in total. The van der Waals surface area contributed by atoms with Crippen LogP contribution in [0.15, 0.2) is 29.1 Å². The van der Waals surface area contributed by atoms with Crippen molar-refractivity contribution in [1.82, 2.24) is 9.97 Å². The van der Waals surface area contributed by atoms with Gasteiger partial charge in [0.25, 0.3) is 5.56 Å². The highest BCUT2D eigenvalue weighted by molar-refractivity contribution is 5.57. The molecule has 1 aromatic carbocycles. The summed E-state index contributed by atoms with van der Waals surface area (Å²) < 4.78 is 0. The van der Waals surface area contributed by atoms with Crippen LogP contribution in [-0.2, 0) is 0 Å². The van der Waals surface area contributed by atoms with Gasteiger partial charge >= 0.3 is 0 Å². The van der Waals surface area contributed by atoms with Gasteiger partial charge in [-0.2, -0.15) is 4.98 Å². The number of rotatable bonds is 2. The molecule has 3 rings (SSSR count). The third kappa shape index (κ3) is 1.90. The maximum absolute atomic E-state index is 11.6.